The average molecular weight is 300 g/mol. The molecule has 0 fully saturated rings. The fourth-order valence-electron chi connectivity index (χ4n) is 3.19. The van der Waals surface area contributed by atoms with E-state index in [0.29, 0.717) is 0 Å². The number of fused-ring (bicyclic) bond motifs is 5. The van der Waals surface area contributed by atoms with E-state index < -0.39 is 0 Å². The largest absolute Gasteiger partial charge is 0.399 e. The third-order valence-electron chi connectivity index (χ3n) is 4.18. The van der Waals surface area contributed by atoms with Gasteiger partial charge in [0, 0.05) is 18.3 Å². The fourth-order valence-corrected chi connectivity index (χ4v) is 3.19. The minimum Gasteiger partial charge on any atom is -0.399 e. The molecular formula is C20H16N2O. The van der Waals surface area contributed by atoms with E-state index in [1.165, 1.54) is 28.5 Å². The second-order valence-corrected chi connectivity index (χ2v) is 5.82. The van der Waals surface area contributed by atoms with Crippen LogP contribution in [-0.2, 0) is 4.79 Å². The summed E-state index contributed by atoms with van der Waals surface area (Å²) in [4.78, 5) is 11.2. The van der Waals surface area contributed by atoms with Crippen molar-refractivity contribution in [1.82, 2.24) is 0 Å². The Bertz CT molecular complexity index is 1080. The summed E-state index contributed by atoms with van der Waals surface area (Å²) in [5.41, 5.74) is 7.47. The van der Waals surface area contributed by atoms with Crippen molar-refractivity contribution in [3.63, 3.8) is 0 Å². The predicted octanol–water partition coefficient (Wildman–Crippen LogP) is 4.69. The van der Waals surface area contributed by atoms with E-state index in [1.54, 1.807) is 0 Å². The fraction of sp³-hybridized carbons (Fsp3) is 0.0500. The molecule has 0 aliphatic heterocycles. The molecule has 0 spiro atoms. The Morgan fingerprint density at radius 3 is 2.00 bits per heavy atom. The van der Waals surface area contributed by atoms with Crippen LogP contribution >= 0.6 is 0 Å². The maximum Gasteiger partial charge on any atom is 0.221 e. The first-order valence-corrected chi connectivity index (χ1v) is 7.54. The number of nitrogens with one attached hydrogen (secondary N) is 1. The van der Waals surface area contributed by atoms with Gasteiger partial charge in [0.15, 0.2) is 0 Å². The number of hydrogen-bond donors (Lipinski definition) is 2. The molecule has 112 valence electrons. The van der Waals surface area contributed by atoms with Crippen molar-refractivity contribution in [3.8, 4) is 0 Å². The maximum absolute atomic E-state index is 11.2. The van der Waals surface area contributed by atoms with Gasteiger partial charge in [-0.25, -0.2) is 0 Å². The Balaban J connectivity index is 2.01. The van der Waals surface area contributed by atoms with E-state index in [2.05, 4.69) is 41.7 Å². The molecule has 23 heavy (non-hydrogen) atoms. The van der Waals surface area contributed by atoms with Crippen LogP contribution in [0.3, 0.4) is 0 Å². The quantitative estimate of drug-likeness (QED) is 0.396. The van der Waals surface area contributed by atoms with Crippen LogP contribution in [0.25, 0.3) is 32.3 Å². The highest BCUT2D eigenvalue weighted by Gasteiger charge is 2.06. The molecule has 0 unspecified atom stereocenters. The van der Waals surface area contributed by atoms with Gasteiger partial charge in [-0.15, -0.1) is 0 Å². The first kappa shape index (κ1) is 13.6. The molecule has 0 radical (unpaired) electrons. The highest BCUT2D eigenvalue weighted by molar-refractivity contribution is 6.17. The molecule has 4 rings (SSSR count). The molecule has 0 aliphatic rings. The zero-order chi connectivity index (χ0) is 16.0. The van der Waals surface area contributed by atoms with Crippen LogP contribution in [0.4, 0.5) is 11.4 Å². The van der Waals surface area contributed by atoms with Crippen LogP contribution < -0.4 is 11.1 Å². The summed E-state index contributed by atoms with van der Waals surface area (Å²) < 4.78 is 0. The summed E-state index contributed by atoms with van der Waals surface area (Å²) in [5, 5.41) is 9.87. The summed E-state index contributed by atoms with van der Waals surface area (Å²) in [6.45, 7) is 1.52. The summed E-state index contributed by atoms with van der Waals surface area (Å²) in [5.74, 6) is -0.0614. The van der Waals surface area contributed by atoms with Crippen molar-refractivity contribution in [2.45, 2.75) is 6.92 Å². The minimum absolute atomic E-state index is 0.0614. The second-order valence-electron chi connectivity index (χ2n) is 5.82. The molecule has 0 aliphatic carbocycles. The lowest BCUT2D eigenvalue weighted by Crippen LogP contribution is -2.05. The van der Waals surface area contributed by atoms with Crippen LogP contribution in [0.1, 0.15) is 6.92 Å². The molecular weight excluding hydrogens is 284 g/mol. The predicted molar refractivity (Wildman–Crippen MR) is 97.7 cm³/mol. The number of nitrogen functional groups attached to an aromatic ring is 1. The molecule has 0 saturated heterocycles. The monoisotopic (exact) mass is 300 g/mol. The van der Waals surface area contributed by atoms with E-state index in [-0.39, 0.29) is 5.91 Å². The Kier molecular flexibility index (Phi) is 2.95. The molecule has 3 heteroatoms. The number of anilines is 2. The van der Waals surface area contributed by atoms with E-state index >= 15 is 0 Å². The van der Waals surface area contributed by atoms with Crippen LogP contribution in [0.2, 0.25) is 0 Å². The molecule has 0 aromatic heterocycles. The second kappa shape index (κ2) is 4.99. The molecule has 3 nitrogen and oxygen atoms in total. The van der Waals surface area contributed by atoms with Crippen LogP contribution in [0.5, 0.6) is 0 Å². The minimum atomic E-state index is -0.0614. The molecule has 4 aromatic carbocycles. The van der Waals surface area contributed by atoms with E-state index in [0.717, 1.165) is 22.1 Å². The summed E-state index contributed by atoms with van der Waals surface area (Å²) >= 11 is 0. The first-order chi connectivity index (χ1) is 11.1. The molecule has 0 heterocycles. The van der Waals surface area contributed by atoms with Crippen molar-refractivity contribution >= 4 is 49.6 Å². The van der Waals surface area contributed by atoms with Crippen LogP contribution in [0, 0.1) is 0 Å². The van der Waals surface area contributed by atoms with Gasteiger partial charge in [-0.05, 0) is 56.6 Å². The number of carbonyl (C=O) groups excluding carboxylic acids is 1. The van der Waals surface area contributed by atoms with Crippen molar-refractivity contribution in [2.75, 3.05) is 11.1 Å². The Morgan fingerprint density at radius 1 is 0.783 bits per heavy atom. The smallest absolute Gasteiger partial charge is 0.221 e. The number of nitrogens with two attached hydrogens (primary N) is 1. The Labute approximate surface area is 133 Å². The van der Waals surface area contributed by atoms with Gasteiger partial charge in [0.25, 0.3) is 0 Å². The van der Waals surface area contributed by atoms with Gasteiger partial charge in [-0.3, -0.25) is 4.79 Å². The van der Waals surface area contributed by atoms with Gasteiger partial charge in [0.05, 0.1) is 0 Å². The van der Waals surface area contributed by atoms with Gasteiger partial charge in [-0.1, -0.05) is 36.4 Å². The van der Waals surface area contributed by atoms with Crippen molar-refractivity contribution < 1.29 is 4.79 Å². The van der Waals surface area contributed by atoms with Crippen LogP contribution in [0.15, 0.2) is 60.7 Å². The molecule has 0 saturated carbocycles. The number of hydrogen-bond acceptors (Lipinski definition) is 2. The third kappa shape index (κ3) is 2.27. The van der Waals surface area contributed by atoms with Gasteiger partial charge >= 0.3 is 0 Å². The van der Waals surface area contributed by atoms with Gasteiger partial charge in [0.2, 0.25) is 5.91 Å². The van der Waals surface area contributed by atoms with E-state index in [4.69, 9.17) is 5.73 Å². The van der Waals surface area contributed by atoms with E-state index in [1.807, 2.05) is 24.3 Å². The number of benzene rings is 4. The lowest BCUT2D eigenvalue weighted by Gasteiger charge is -2.10. The van der Waals surface area contributed by atoms with Crippen molar-refractivity contribution in [3.05, 3.63) is 60.7 Å². The molecule has 3 N–H and O–H groups in total. The zero-order valence-electron chi connectivity index (χ0n) is 12.8. The van der Waals surface area contributed by atoms with E-state index in [9.17, 15) is 4.79 Å². The molecule has 4 aromatic rings. The van der Waals surface area contributed by atoms with Gasteiger partial charge in [0.1, 0.15) is 0 Å². The number of carbonyl (C=O) groups is 1. The highest BCUT2D eigenvalue weighted by atomic mass is 16.1. The lowest BCUT2D eigenvalue weighted by atomic mass is 9.96. The summed E-state index contributed by atoms with van der Waals surface area (Å²) in [6, 6.07) is 20.5. The topological polar surface area (TPSA) is 55.1 Å². The zero-order valence-corrected chi connectivity index (χ0v) is 12.8. The summed E-state index contributed by atoms with van der Waals surface area (Å²) in [6.07, 6.45) is 0. The van der Waals surface area contributed by atoms with Gasteiger partial charge in [-0.2, -0.15) is 0 Å². The number of amides is 1. The first-order valence-electron chi connectivity index (χ1n) is 7.54. The molecule has 0 atom stereocenters. The molecule has 1 amide bonds. The highest BCUT2D eigenvalue weighted by Crippen LogP contribution is 2.33. The third-order valence-corrected chi connectivity index (χ3v) is 4.18. The van der Waals surface area contributed by atoms with Crippen molar-refractivity contribution in [2.24, 2.45) is 0 Å². The number of rotatable bonds is 1. The van der Waals surface area contributed by atoms with Crippen molar-refractivity contribution in [1.29, 1.82) is 0 Å². The Hall–Kier alpha value is -3.07. The maximum atomic E-state index is 11.2. The van der Waals surface area contributed by atoms with Gasteiger partial charge < -0.3 is 11.1 Å². The standard InChI is InChI=1S/C20H16N2O/c1-12(23)22-16-5-9-18-14(11-16)3-7-19-17-8-4-15(21)10-13(17)2-6-20(18)19/h2-11H,21H2,1H3,(H,22,23). The summed E-state index contributed by atoms with van der Waals surface area (Å²) in [7, 11) is 0. The normalized spacial score (nSPS) is 11.2. The molecule has 0 bridgehead atoms. The Morgan fingerprint density at radius 2 is 1.35 bits per heavy atom. The van der Waals surface area contributed by atoms with Crippen LogP contribution in [-0.4, -0.2) is 5.91 Å². The SMILES string of the molecule is CC(=O)Nc1ccc2c(ccc3c4ccc(N)cc4ccc23)c1. The average Bonchev–Trinajstić information content (AvgIpc) is 2.53. The lowest BCUT2D eigenvalue weighted by molar-refractivity contribution is -0.114.